The number of ether oxygens (including phenoxy) is 1. The van der Waals surface area contributed by atoms with E-state index in [1.54, 1.807) is 13.3 Å². The molecule has 3 N–H and O–H groups in total. The van der Waals surface area contributed by atoms with Gasteiger partial charge in [0.2, 0.25) is 0 Å². The summed E-state index contributed by atoms with van der Waals surface area (Å²) in [7, 11) is 1.64. The molecule has 16 heavy (non-hydrogen) atoms. The predicted octanol–water partition coefficient (Wildman–Crippen LogP) is 1.44. The quantitative estimate of drug-likeness (QED) is 0.600. The lowest BCUT2D eigenvalue weighted by Gasteiger charge is -2.04. The first-order valence-corrected chi connectivity index (χ1v) is 4.77. The number of anilines is 1. The molecular weight excluding hydrogens is 204 g/mol. The summed E-state index contributed by atoms with van der Waals surface area (Å²) >= 11 is 0. The van der Waals surface area contributed by atoms with Gasteiger partial charge in [-0.1, -0.05) is 12.1 Å². The second kappa shape index (κ2) is 4.59. The van der Waals surface area contributed by atoms with Gasteiger partial charge >= 0.3 is 0 Å². The smallest absolute Gasteiger partial charge is 0.163 e. The van der Waals surface area contributed by atoms with E-state index >= 15 is 0 Å². The summed E-state index contributed by atoms with van der Waals surface area (Å²) in [5, 5.41) is 7.66. The topological polar surface area (TPSA) is 73.1 Å². The molecule has 0 aliphatic rings. The first-order chi connectivity index (χ1) is 7.83. The van der Waals surface area contributed by atoms with Gasteiger partial charge in [-0.2, -0.15) is 5.10 Å². The average molecular weight is 216 g/mol. The van der Waals surface area contributed by atoms with Crippen molar-refractivity contribution in [1.29, 1.82) is 0 Å². The molecule has 0 aliphatic carbocycles. The van der Waals surface area contributed by atoms with E-state index in [2.05, 4.69) is 15.6 Å². The van der Waals surface area contributed by atoms with Crippen LogP contribution in [-0.4, -0.2) is 17.3 Å². The summed E-state index contributed by atoms with van der Waals surface area (Å²) in [6, 6.07) is 9.53. The maximum atomic E-state index is 5.27. The first-order valence-electron chi connectivity index (χ1n) is 4.77. The summed E-state index contributed by atoms with van der Waals surface area (Å²) in [6.45, 7) is 0. The van der Waals surface area contributed by atoms with Crippen LogP contribution in [0.5, 0.6) is 5.75 Å². The van der Waals surface area contributed by atoms with Crippen molar-refractivity contribution in [3.63, 3.8) is 0 Å². The molecule has 0 spiro atoms. The normalized spacial score (nSPS) is 9.88. The molecule has 0 aliphatic heterocycles. The van der Waals surface area contributed by atoms with Crippen molar-refractivity contribution in [3.8, 4) is 16.9 Å². The van der Waals surface area contributed by atoms with Crippen molar-refractivity contribution in [2.75, 3.05) is 12.5 Å². The van der Waals surface area contributed by atoms with E-state index in [-0.39, 0.29) is 0 Å². The minimum absolute atomic E-state index is 0.535. The number of nitrogens with two attached hydrogens (primary N) is 1. The summed E-state index contributed by atoms with van der Waals surface area (Å²) in [5.41, 5.74) is 4.45. The number of hydrogen-bond donors (Lipinski definition) is 2. The molecule has 0 fully saturated rings. The molecule has 2 rings (SSSR count). The van der Waals surface area contributed by atoms with Gasteiger partial charge in [0.15, 0.2) is 5.82 Å². The van der Waals surface area contributed by atoms with Gasteiger partial charge < -0.3 is 10.2 Å². The van der Waals surface area contributed by atoms with Crippen molar-refractivity contribution in [2.45, 2.75) is 0 Å². The van der Waals surface area contributed by atoms with Crippen molar-refractivity contribution in [2.24, 2.45) is 5.84 Å². The molecule has 2 aromatic rings. The van der Waals surface area contributed by atoms with Crippen LogP contribution in [-0.2, 0) is 0 Å². The Balaban J connectivity index is 2.34. The van der Waals surface area contributed by atoms with E-state index < -0.39 is 0 Å². The highest BCUT2D eigenvalue weighted by molar-refractivity contribution is 5.65. The van der Waals surface area contributed by atoms with Gasteiger partial charge in [-0.3, -0.25) is 0 Å². The molecule has 0 saturated carbocycles. The molecule has 5 nitrogen and oxygen atoms in total. The monoisotopic (exact) mass is 216 g/mol. The van der Waals surface area contributed by atoms with Crippen LogP contribution in [0.4, 0.5) is 5.82 Å². The Hall–Kier alpha value is -2.14. The Morgan fingerprint density at radius 3 is 2.56 bits per heavy atom. The number of methoxy groups -OCH3 is 1. The molecule has 82 valence electrons. The van der Waals surface area contributed by atoms with Crippen LogP contribution >= 0.6 is 0 Å². The summed E-state index contributed by atoms with van der Waals surface area (Å²) in [5.74, 6) is 6.63. The number of nitrogen functional groups attached to an aromatic ring is 1. The van der Waals surface area contributed by atoms with Crippen molar-refractivity contribution in [1.82, 2.24) is 10.2 Å². The van der Waals surface area contributed by atoms with E-state index in [1.165, 1.54) is 0 Å². The molecule has 5 heteroatoms. The maximum Gasteiger partial charge on any atom is 0.163 e. The van der Waals surface area contributed by atoms with Crippen LogP contribution in [0.15, 0.2) is 36.5 Å². The lowest BCUT2D eigenvalue weighted by Crippen LogP contribution is -2.08. The molecule has 1 aromatic heterocycles. The van der Waals surface area contributed by atoms with E-state index in [0.717, 1.165) is 16.9 Å². The van der Waals surface area contributed by atoms with Crippen molar-refractivity contribution in [3.05, 3.63) is 36.5 Å². The minimum Gasteiger partial charge on any atom is -0.497 e. The standard InChI is InChI=1S/C11H12N4O/c1-16-10-4-2-8(3-5-10)9-6-11(14-12)15-13-7-9/h2-7H,12H2,1H3,(H,14,15). The summed E-state index contributed by atoms with van der Waals surface area (Å²) in [6.07, 6.45) is 1.68. The molecule has 0 saturated heterocycles. The summed E-state index contributed by atoms with van der Waals surface area (Å²) in [4.78, 5) is 0. The zero-order chi connectivity index (χ0) is 11.4. The fourth-order valence-electron chi connectivity index (χ4n) is 1.38. The van der Waals surface area contributed by atoms with Crippen molar-refractivity contribution >= 4 is 5.82 Å². The maximum absolute atomic E-state index is 5.27. The van der Waals surface area contributed by atoms with Gasteiger partial charge in [0, 0.05) is 5.56 Å². The van der Waals surface area contributed by atoms with Crippen LogP contribution < -0.4 is 16.0 Å². The zero-order valence-corrected chi connectivity index (χ0v) is 8.84. The SMILES string of the molecule is COc1ccc(-c2cnnc(NN)c2)cc1. The van der Waals surface area contributed by atoms with E-state index in [1.807, 2.05) is 30.3 Å². The molecular formula is C11H12N4O. The number of hydrazine groups is 1. The Bertz CT molecular complexity index is 470. The van der Waals surface area contributed by atoms with Crippen molar-refractivity contribution < 1.29 is 4.74 Å². The van der Waals surface area contributed by atoms with E-state index in [0.29, 0.717) is 5.82 Å². The van der Waals surface area contributed by atoms with Crippen LogP contribution in [0.1, 0.15) is 0 Å². The lowest BCUT2D eigenvalue weighted by atomic mass is 10.1. The van der Waals surface area contributed by atoms with Crippen LogP contribution in [0, 0.1) is 0 Å². The van der Waals surface area contributed by atoms with Gasteiger partial charge in [0.25, 0.3) is 0 Å². The highest BCUT2D eigenvalue weighted by Gasteiger charge is 2.00. The molecule has 0 atom stereocenters. The van der Waals surface area contributed by atoms with Crippen LogP contribution in [0.2, 0.25) is 0 Å². The molecule has 0 radical (unpaired) electrons. The second-order valence-corrected chi connectivity index (χ2v) is 3.20. The van der Waals surface area contributed by atoms with E-state index in [9.17, 15) is 0 Å². The predicted molar refractivity (Wildman–Crippen MR) is 61.8 cm³/mol. The third-order valence-corrected chi connectivity index (χ3v) is 2.23. The second-order valence-electron chi connectivity index (χ2n) is 3.20. The average Bonchev–Trinajstić information content (AvgIpc) is 2.39. The highest BCUT2D eigenvalue weighted by atomic mass is 16.5. The van der Waals surface area contributed by atoms with Crippen LogP contribution in [0.3, 0.4) is 0 Å². The fourth-order valence-corrected chi connectivity index (χ4v) is 1.38. The lowest BCUT2D eigenvalue weighted by molar-refractivity contribution is 0.415. The largest absolute Gasteiger partial charge is 0.497 e. The fraction of sp³-hybridized carbons (Fsp3) is 0.0909. The number of benzene rings is 1. The van der Waals surface area contributed by atoms with Gasteiger partial charge in [-0.15, -0.1) is 5.10 Å². The van der Waals surface area contributed by atoms with Gasteiger partial charge in [0.05, 0.1) is 13.3 Å². The zero-order valence-electron chi connectivity index (χ0n) is 8.84. The Kier molecular flexibility index (Phi) is 2.98. The number of rotatable bonds is 3. The van der Waals surface area contributed by atoms with Gasteiger partial charge in [-0.05, 0) is 23.8 Å². The third kappa shape index (κ3) is 2.09. The minimum atomic E-state index is 0.535. The number of nitrogens with zero attached hydrogens (tertiary/aromatic N) is 2. The number of hydrogen-bond acceptors (Lipinski definition) is 5. The molecule has 0 amide bonds. The molecule has 1 aromatic carbocycles. The number of nitrogens with one attached hydrogen (secondary N) is 1. The van der Waals surface area contributed by atoms with Gasteiger partial charge in [-0.25, -0.2) is 5.84 Å². The Morgan fingerprint density at radius 1 is 1.19 bits per heavy atom. The van der Waals surface area contributed by atoms with Gasteiger partial charge in [0.1, 0.15) is 5.75 Å². The Morgan fingerprint density at radius 2 is 1.94 bits per heavy atom. The highest BCUT2D eigenvalue weighted by Crippen LogP contribution is 2.22. The first kappa shape index (κ1) is 10.4. The number of aromatic nitrogens is 2. The Labute approximate surface area is 93.2 Å². The van der Waals surface area contributed by atoms with Crippen LogP contribution in [0.25, 0.3) is 11.1 Å². The van der Waals surface area contributed by atoms with E-state index in [4.69, 9.17) is 10.6 Å². The third-order valence-electron chi connectivity index (χ3n) is 2.23. The molecule has 0 unspecified atom stereocenters. The summed E-state index contributed by atoms with van der Waals surface area (Å²) < 4.78 is 5.09. The molecule has 0 bridgehead atoms. The molecule has 1 heterocycles.